The van der Waals surface area contributed by atoms with E-state index in [2.05, 4.69) is 0 Å². The van der Waals surface area contributed by atoms with Crippen LogP contribution in [0.15, 0.2) is 23.8 Å². The smallest absolute Gasteiger partial charge is 0.0758 e. The van der Waals surface area contributed by atoms with Gasteiger partial charge in [-0.05, 0) is 19.4 Å². The van der Waals surface area contributed by atoms with Gasteiger partial charge >= 0.3 is 0 Å². The van der Waals surface area contributed by atoms with Gasteiger partial charge in [0.2, 0.25) is 0 Å². The summed E-state index contributed by atoms with van der Waals surface area (Å²) in [5, 5.41) is 9.03. The van der Waals surface area contributed by atoms with Crippen LogP contribution in [0.25, 0.3) is 0 Å². The largest absolute Gasteiger partial charge is 0.389 e. The molecular formula is C8H13NO. The lowest BCUT2D eigenvalue weighted by molar-refractivity contribution is 0.225. The van der Waals surface area contributed by atoms with Gasteiger partial charge < -0.3 is 10.8 Å². The van der Waals surface area contributed by atoms with Crippen molar-refractivity contribution in [2.45, 2.75) is 18.9 Å². The predicted octanol–water partition coefficient (Wildman–Crippen LogP) is 0.582. The number of hydrogen-bond acceptors (Lipinski definition) is 2. The van der Waals surface area contributed by atoms with Crippen molar-refractivity contribution in [3.63, 3.8) is 0 Å². The fourth-order valence-electron chi connectivity index (χ4n) is 1.01. The summed E-state index contributed by atoms with van der Waals surface area (Å²) in [6.45, 7) is 0.687. The topological polar surface area (TPSA) is 46.2 Å². The number of hydrogen-bond donors (Lipinski definition) is 2. The van der Waals surface area contributed by atoms with Crippen molar-refractivity contribution < 1.29 is 5.11 Å². The van der Waals surface area contributed by atoms with Crippen molar-refractivity contribution in [3.05, 3.63) is 23.8 Å². The lowest BCUT2D eigenvalue weighted by Crippen LogP contribution is -2.06. The SMILES string of the molecule is NCCC1=CCC(O)C=C1. The molecule has 0 saturated heterocycles. The number of aliphatic hydroxyl groups is 1. The maximum absolute atomic E-state index is 9.03. The fraction of sp³-hybridized carbons (Fsp3) is 0.500. The van der Waals surface area contributed by atoms with E-state index in [-0.39, 0.29) is 6.10 Å². The number of allylic oxidation sites excluding steroid dienone is 1. The zero-order valence-corrected chi connectivity index (χ0v) is 5.96. The molecule has 1 aliphatic rings. The molecule has 10 heavy (non-hydrogen) atoms. The van der Waals surface area contributed by atoms with Crippen molar-refractivity contribution in [3.8, 4) is 0 Å². The zero-order chi connectivity index (χ0) is 7.40. The lowest BCUT2D eigenvalue weighted by atomic mass is 10.0. The number of nitrogens with two attached hydrogens (primary N) is 1. The Bertz CT molecular complexity index is 161. The Hall–Kier alpha value is -0.600. The van der Waals surface area contributed by atoms with Gasteiger partial charge in [0.15, 0.2) is 0 Å². The van der Waals surface area contributed by atoms with E-state index < -0.39 is 0 Å². The highest BCUT2D eigenvalue weighted by Crippen LogP contribution is 2.12. The normalized spacial score (nSPS) is 24.6. The summed E-state index contributed by atoms with van der Waals surface area (Å²) in [4.78, 5) is 0. The molecule has 0 radical (unpaired) electrons. The molecule has 0 spiro atoms. The van der Waals surface area contributed by atoms with E-state index in [1.54, 1.807) is 0 Å². The van der Waals surface area contributed by atoms with Crippen LogP contribution >= 0.6 is 0 Å². The summed E-state index contributed by atoms with van der Waals surface area (Å²) >= 11 is 0. The molecule has 0 heterocycles. The molecule has 0 amide bonds. The molecule has 3 N–H and O–H groups in total. The molecule has 0 aromatic carbocycles. The van der Waals surface area contributed by atoms with E-state index in [0.717, 1.165) is 12.8 Å². The molecule has 0 saturated carbocycles. The summed E-state index contributed by atoms with van der Waals surface area (Å²) < 4.78 is 0. The minimum absolute atomic E-state index is 0.276. The molecule has 1 unspecified atom stereocenters. The third-order valence-corrected chi connectivity index (χ3v) is 1.59. The Morgan fingerprint density at radius 2 is 2.50 bits per heavy atom. The third-order valence-electron chi connectivity index (χ3n) is 1.59. The molecular weight excluding hydrogens is 126 g/mol. The van der Waals surface area contributed by atoms with Crippen LogP contribution in [0.3, 0.4) is 0 Å². The van der Waals surface area contributed by atoms with Crippen molar-refractivity contribution in [2.24, 2.45) is 5.73 Å². The average Bonchev–Trinajstić information content (AvgIpc) is 1.95. The molecule has 1 atom stereocenters. The molecule has 0 aromatic rings. The first-order valence-electron chi connectivity index (χ1n) is 3.58. The molecule has 0 aliphatic heterocycles. The van der Waals surface area contributed by atoms with Crippen LogP contribution < -0.4 is 5.73 Å². The molecule has 56 valence electrons. The van der Waals surface area contributed by atoms with Crippen LogP contribution in [0.5, 0.6) is 0 Å². The van der Waals surface area contributed by atoms with Crippen LogP contribution in [-0.2, 0) is 0 Å². The second kappa shape index (κ2) is 3.54. The maximum Gasteiger partial charge on any atom is 0.0758 e. The molecule has 0 aromatic heterocycles. The second-order valence-corrected chi connectivity index (χ2v) is 2.48. The summed E-state index contributed by atoms with van der Waals surface area (Å²) in [6.07, 6.45) is 7.18. The molecule has 2 heteroatoms. The predicted molar refractivity (Wildman–Crippen MR) is 41.5 cm³/mol. The van der Waals surface area contributed by atoms with Gasteiger partial charge in [-0.2, -0.15) is 0 Å². The minimum Gasteiger partial charge on any atom is -0.389 e. The van der Waals surface area contributed by atoms with Crippen LogP contribution in [0.2, 0.25) is 0 Å². The van der Waals surface area contributed by atoms with Crippen LogP contribution in [0.4, 0.5) is 0 Å². The van der Waals surface area contributed by atoms with Gasteiger partial charge in [0.1, 0.15) is 0 Å². The molecule has 0 bridgehead atoms. The fourth-order valence-corrected chi connectivity index (χ4v) is 1.01. The highest BCUT2D eigenvalue weighted by Gasteiger charge is 2.02. The maximum atomic E-state index is 9.03. The van der Waals surface area contributed by atoms with Gasteiger partial charge in [-0.3, -0.25) is 0 Å². The van der Waals surface area contributed by atoms with E-state index in [9.17, 15) is 0 Å². The van der Waals surface area contributed by atoms with E-state index >= 15 is 0 Å². The molecule has 1 aliphatic carbocycles. The van der Waals surface area contributed by atoms with Gasteiger partial charge in [-0.25, -0.2) is 0 Å². The summed E-state index contributed by atoms with van der Waals surface area (Å²) in [5.74, 6) is 0. The summed E-state index contributed by atoms with van der Waals surface area (Å²) in [6, 6.07) is 0. The Morgan fingerprint density at radius 1 is 1.70 bits per heavy atom. The van der Waals surface area contributed by atoms with Gasteiger partial charge in [0.25, 0.3) is 0 Å². The quantitative estimate of drug-likeness (QED) is 0.588. The first kappa shape index (κ1) is 7.51. The molecule has 1 rings (SSSR count). The summed E-state index contributed by atoms with van der Waals surface area (Å²) in [7, 11) is 0. The standard InChI is InChI=1S/C8H13NO/c9-6-5-7-1-3-8(10)4-2-7/h1-3,8,10H,4-6,9H2. The van der Waals surface area contributed by atoms with E-state index in [1.165, 1.54) is 5.57 Å². The molecule has 0 fully saturated rings. The minimum atomic E-state index is -0.276. The Morgan fingerprint density at radius 3 is 3.00 bits per heavy atom. The second-order valence-electron chi connectivity index (χ2n) is 2.48. The average molecular weight is 139 g/mol. The highest BCUT2D eigenvalue weighted by molar-refractivity contribution is 5.24. The monoisotopic (exact) mass is 139 g/mol. The van der Waals surface area contributed by atoms with Gasteiger partial charge in [0.05, 0.1) is 6.10 Å². The van der Waals surface area contributed by atoms with Gasteiger partial charge in [-0.15, -0.1) is 0 Å². The van der Waals surface area contributed by atoms with Crippen molar-refractivity contribution in [1.82, 2.24) is 0 Å². The van der Waals surface area contributed by atoms with Crippen LogP contribution in [0, 0.1) is 0 Å². The van der Waals surface area contributed by atoms with Crippen molar-refractivity contribution >= 4 is 0 Å². The van der Waals surface area contributed by atoms with E-state index in [0.29, 0.717) is 6.54 Å². The van der Waals surface area contributed by atoms with Gasteiger partial charge in [-0.1, -0.05) is 23.8 Å². The molecule has 2 nitrogen and oxygen atoms in total. The van der Waals surface area contributed by atoms with Crippen molar-refractivity contribution in [2.75, 3.05) is 6.54 Å². The Kier molecular flexibility index (Phi) is 2.66. The van der Waals surface area contributed by atoms with Crippen LogP contribution in [0.1, 0.15) is 12.8 Å². The Balaban J connectivity index is 2.42. The lowest BCUT2D eigenvalue weighted by Gasteiger charge is -2.09. The number of aliphatic hydroxyl groups excluding tert-OH is 1. The zero-order valence-electron chi connectivity index (χ0n) is 5.96. The summed E-state index contributed by atoms with van der Waals surface area (Å²) in [5.41, 5.74) is 6.60. The first-order chi connectivity index (χ1) is 4.83. The third kappa shape index (κ3) is 1.97. The number of rotatable bonds is 2. The Labute approximate surface area is 61.0 Å². The highest BCUT2D eigenvalue weighted by atomic mass is 16.3. The van der Waals surface area contributed by atoms with Crippen molar-refractivity contribution in [1.29, 1.82) is 0 Å². The van der Waals surface area contributed by atoms with E-state index in [1.807, 2.05) is 18.2 Å². The first-order valence-corrected chi connectivity index (χ1v) is 3.58. The van der Waals surface area contributed by atoms with Crippen LogP contribution in [-0.4, -0.2) is 17.8 Å². The van der Waals surface area contributed by atoms with Gasteiger partial charge in [0, 0.05) is 0 Å². The van der Waals surface area contributed by atoms with E-state index in [4.69, 9.17) is 10.8 Å².